The number of methoxy groups -OCH3 is 2. The van der Waals surface area contributed by atoms with Crippen molar-refractivity contribution in [3.63, 3.8) is 0 Å². The van der Waals surface area contributed by atoms with E-state index in [-0.39, 0.29) is 17.7 Å². The Labute approximate surface area is 201 Å². The van der Waals surface area contributed by atoms with Gasteiger partial charge in [-0.05, 0) is 59.9 Å². The molecule has 1 aliphatic heterocycles. The Morgan fingerprint density at radius 1 is 0.848 bits per heavy atom. The second-order valence-corrected chi connectivity index (χ2v) is 9.25. The number of allylic oxidation sites excluding steroid dienone is 1. The number of hydrogen-bond donors (Lipinski definition) is 2. The molecule has 0 unspecified atom stereocenters. The Morgan fingerprint density at radius 2 is 1.55 bits per heavy atom. The SMILES string of the molecule is COc1ccc([C@H]2CC(=O)C3=C(C2)Nc2ccccc2N[C@@H]3c2ccc(Br)cc2)cc1OC. The second kappa shape index (κ2) is 8.94. The lowest BCUT2D eigenvalue weighted by Gasteiger charge is -2.30. The first-order valence-corrected chi connectivity index (χ1v) is 11.7. The fourth-order valence-electron chi connectivity index (χ4n) is 4.74. The van der Waals surface area contributed by atoms with Crippen molar-refractivity contribution < 1.29 is 14.3 Å². The highest BCUT2D eigenvalue weighted by molar-refractivity contribution is 9.10. The van der Waals surface area contributed by atoms with Gasteiger partial charge in [0, 0.05) is 22.2 Å². The van der Waals surface area contributed by atoms with Gasteiger partial charge in [0.15, 0.2) is 17.3 Å². The normalized spacial score (nSPS) is 19.5. The minimum Gasteiger partial charge on any atom is -0.493 e. The molecule has 2 aliphatic rings. The van der Waals surface area contributed by atoms with Gasteiger partial charge < -0.3 is 20.1 Å². The minimum atomic E-state index is -0.219. The van der Waals surface area contributed by atoms with Crippen LogP contribution in [0.5, 0.6) is 11.5 Å². The average molecular weight is 505 g/mol. The summed E-state index contributed by atoms with van der Waals surface area (Å²) in [4.78, 5) is 13.6. The van der Waals surface area contributed by atoms with Gasteiger partial charge in [-0.2, -0.15) is 0 Å². The zero-order valence-electron chi connectivity index (χ0n) is 18.5. The van der Waals surface area contributed by atoms with Gasteiger partial charge in [0.2, 0.25) is 0 Å². The number of anilines is 2. The first-order valence-electron chi connectivity index (χ1n) is 10.9. The summed E-state index contributed by atoms with van der Waals surface area (Å²) in [6.07, 6.45) is 1.18. The summed E-state index contributed by atoms with van der Waals surface area (Å²) in [5.74, 6) is 1.57. The molecule has 6 heteroatoms. The Morgan fingerprint density at radius 3 is 2.27 bits per heavy atom. The van der Waals surface area contributed by atoms with Gasteiger partial charge in [-0.3, -0.25) is 4.79 Å². The summed E-state index contributed by atoms with van der Waals surface area (Å²) in [5.41, 5.74) is 5.87. The van der Waals surface area contributed by atoms with Gasteiger partial charge in [0.25, 0.3) is 0 Å². The van der Waals surface area contributed by atoms with Gasteiger partial charge in [0.05, 0.1) is 31.6 Å². The van der Waals surface area contributed by atoms with E-state index in [1.807, 2.05) is 54.6 Å². The number of ether oxygens (including phenoxy) is 2. The summed E-state index contributed by atoms with van der Waals surface area (Å²) < 4.78 is 11.9. The van der Waals surface area contributed by atoms with Crippen LogP contribution in [0.15, 0.2) is 82.5 Å². The second-order valence-electron chi connectivity index (χ2n) is 8.33. The zero-order valence-corrected chi connectivity index (χ0v) is 20.1. The average Bonchev–Trinajstić information content (AvgIpc) is 3.01. The van der Waals surface area contributed by atoms with Gasteiger partial charge >= 0.3 is 0 Å². The lowest BCUT2D eigenvalue weighted by atomic mass is 9.78. The number of halogens is 1. The summed E-state index contributed by atoms with van der Waals surface area (Å²) in [5, 5.41) is 7.20. The molecule has 5 nitrogen and oxygen atoms in total. The molecule has 0 radical (unpaired) electrons. The maximum Gasteiger partial charge on any atom is 0.163 e. The molecule has 0 saturated heterocycles. The van der Waals surface area contributed by atoms with E-state index in [1.54, 1.807) is 14.2 Å². The summed E-state index contributed by atoms with van der Waals surface area (Å²) in [6.45, 7) is 0. The van der Waals surface area contributed by atoms with Gasteiger partial charge in [-0.1, -0.05) is 46.3 Å². The Balaban J connectivity index is 1.57. The van der Waals surface area contributed by atoms with Gasteiger partial charge in [-0.15, -0.1) is 0 Å². The molecule has 33 heavy (non-hydrogen) atoms. The highest BCUT2D eigenvalue weighted by Crippen LogP contribution is 2.45. The molecule has 1 heterocycles. The van der Waals surface area contributed by atoms with Crippen molar-refractivity contribution in [3.8, 4) is 11.5 Å². The van der Waals surface area contributed by atoms with E-state index >= 15 is 0 Å². The van der Waals surface area contributed by atoms with Crippen LogP contribution in [0.25, 0.3) is 0 Å². The van der Waals surface area contributed by atoms with Crippen molar-refractivity contribution in [2.24, 2.45) is 0 Å². The van der Waals surface area contributed by atoms with E-state index in [9.17, 15) is 4.79 Å². The summed E-state index contributed by atoms with van der Waals surface area (Å²) >= 11 is 3.52. The number of para-hydroxylation sites is 2. The fourth-order valence-corrected chi connectivity index (χ4v) is 5.00. The smallest absolute Gasteiger partial charge is 0.163 e. The molecule has 0 saturated carbocycles. The first-order chi connectivity index (χ1) is 16.1. The molecule has 3 aromatic rings. The van der Waals surface area contributed by atoms with Crippen molar-refractivity contribution in [2.75, 3.05) is 24.9 Å². The number of carbonyl (C=O) groups excluding carboxylic acids is 1. The topological polar surface area (TPSA) is 59.6 Å². The molecule has 168 valence electrons. The van der Waals surface area contributed by atoms with E-state index in [0.717, 1.165) is 44.7 Å². The Kier molecular flexibility index (Phi) is 5.85. The van der Waals surface area contributed by atoms with Crippen LogP contribution < -0.4 is 20.1 Å². The molecule has 1 aliphatic carbocycles. The Bertz CT molecular complexity index is 1240. The largest absolute Gasteiger partial charge is 0.493 e. The number of ketones is 1. The van der Waals surface area contributed by atoms with Crippen molar-refractivity contribution in [2.45, 2.75) is 24.8 Å². The van der Waals surface area contributed by atoms with E-state index < -0.39 is 0 Å². The van der Waals surface area contributed by atoms with Crippen molar-refractivity contribution in [1.29, 1.82) is 0 Å². The van der Waals surface area contributed by atoms with E-state index in [2.05, 4.69) is 38.7 Å². The third-order valence-electron chi connectivity index (χ3n) is 6.39. The third kappa shape index (κ3) is 4.11. The molecule has 0 spiro atoms. The highest BCUT2D eigenvalue weighted by atomic mass is 79.9. The minimum absolute atomic E-state index is 0.0550. The summed E-state index contributed by atoms with van der Waals surface area (Å²) in [7, 11) is 3.26. The number of Topliss-reactive ketones (excluding diaryl/α,β-unsaturated/α-hetero) is 1. The van der Waals surface area contributed by atoms with Crippen LogP contribution in [0.1, 0.15) is 35.9 Å². The molecule has 0 aromatic heterocycles. The molecular formula is C27H25BrN2O3. The Hall–Kier alpha value is -3.25. The van der Waals surface area contributed by atoms with Crippen LogP contribution in [-0.2, 0) is 4.79 Å². The molecular weight excluding hydrogens is 480 g/mol. The lowest BCUT2D eigenvalue weighted by molar-refractivity contribution is -0.116. The third-order valence-corrected chi connectivity index (χ3v) is 6.92. The molecule has 2 atom stereocenters. The molecule has 0 fully saturated rings. The van der Waals surface area contributed by atoms with Crippen molar-refractivity contribution >= 4 is 33.1 Å². The molecule has 3 aromatic carbocycles. The van der Waals surface area contributed by atoms with Crippen LogP contribution in [-0.4, -0.2) is 20.0 Å². The maximum atomic E-state index is 13.6. The van der Waals surface area contributed by atoms with E-state index in [4.69, 9.17) is 9.47 Å². The summed E-state index contributed by atoms with van der Waals surface area (Å²) in [6, 6.07) is 22.0. The van der Waals surface area contributed by atoms with Crippen LogP contribution in [0.2, 0.25) is 0 Å². The van der Waals surface area contributed by atoms with Crippen LogP contribution >= 0.6 is 15.9 Å². The van der Waals surface area contributed by atoms with Crippen LogP contribution in [0.4, 0.5) is 11.4 Å². The fraction of sp³-hybridized carbons (Fsp3) is 0.222. The van der Waals surface area contributed by atoms with Gasteiger partial charge in [0.1, 0.15) is 0 Å². The molecule has 5 rings (SSSR count). The molecule has 0 amide bonds. The maximum absolute atomic E-state index is 13.6. The predicted octanol–water partition coefficient (Wildman–Crippen LogP) is 6.45. The standard InChI is InChI=1S/C27H25BrN2O3/c1-32-24-12-9-17(15-25(24)33-2)18-13-22-26(23(31)14-18)27(16-7-10-19(28)11-8-16)30-21-6-4-3-5-20(21)29-22/h3-12,15,18,27,29-30H,13-14H2,1-2H3/t18-,27-/m1/s1. The number of rotatable bonds is 4. The number of benzene rings is 3. The number of nitrogens with one attached hydrogen (secondary N) is 2. The number of carbonyl (C=O) groups is 1. The molecule has 2 N–H and O–H groups in total. The van der Waals surface area contributed by atoms with Crippen LogP contribution in [0.3, 0.4) is 0 Å². The van der Waals surface area contributed by atoms with Crippen LogP contribution in [0, 0.1) is 0 Å². The lowest BCUT2D eigenvalue weighted by Crippen LogP contribution is -2.26. The quantitative estimate of drug-likeness (QED) is 0.427. The number of fused-ring (bicyclic) bond motifs is 1. The zero-order chi connectivity index (χ0) is 22.9. The van der Waals surface area contributed by atoms with E-state index in [1.165, 1.54) is 0 Å². The van der Waals surface area contributed by atoms with E-state index in [0.29, 0.717) is 17.9 Å². The number of hydrogen-bond acceptors (Lipinski definition) is 5. The first kappa shape index (κ1) is 21.6. The van der Waals surface area contributed by atoms with Crippen molar-refractivity contribution in [1.82, 2.24) is 0 Å². The highest BCUT2D eigenvalue weighted by Gasteiger charge is 2.36. The van der Waals surface area contributed by atoms with Gasteiger partial charge in [-0.25, -0.2) is 0 Å². The predicted molar refractivity (Wildman–Crippen MR) is 134 cm³/mol. The van der Waals surface area contributed by atoms with Crippen molar-refractivity contribution in [3.05, 3.63) is 93.6 Å². The molecule has 0 bridgehead atoms. The monoisotopic (exact) mass is 504 g/mol.